The summed E-state index contributed by atoms with van der Waals surface area (Å²) in [6, 6.07) is 0. The van der Waals surface area contributed by atoms with Gasteiger partial charge in [0.1, 0.15) is 3.61 Å². The molecule has 0 spiro atoms. The van der Waals surface area contributed by atoms with E-state index in [0.29, 0.717) is 12.0 Å². The highest BCUT2D eigenvalue weighted by atomic mass is 127. The molecule has 0 aromatic rings. The molecule has 0 heterocycles. The number of carboxylic acid groups (broad SMARTS) is 1. The first kappa shape index (κ1) is 13.4. The Morgan fingerprint density at radius 2 is 2.12 bits per heavy atom. The molecule has 0 aromatic heterocycles. The van der Waals surface area contributed by atoms with Gasteiger partial charge < -0.3 is 10.2 Å². The maximum absolute atomic E-state index is 10.9. The molecule has 0 aliphatic heterocycles. The van der Waals surface area contributed by atoms with Crippen molar-refractivity contribution < 1.29 is 15.0 Å². The van der Waals surface area contributed by atoms with Crippen LogP contribution in [0.25, 0.3) is 0 Å². The van der Waals surface area contributed by atoms with Crippen molar-refractivity contribution in [1.82, 2.24) is 0 Å². The second-order valence-electron chi connectivity index (χ2n) is 3.83. The van der Waals surface area contributed by atoms with Crippen molar-refractivity contribution in [1.29, 1.82) is 0 Å². The zero-order valence-electron chi connectivity index (χ0n) is 8.95. The van der Waals surface area contributed by atoms with Crippen LogP contribution in [0.2, 0.25) is 0 Å². The molecule has 0 saturated carbocycles. The first-order valence-electron chi connectivity index (χ1n) is 5.16. The van der Waals surface area contributed by atoms with E-state index in [4.69, 9.17) is 5.11 Å². The minimum atomic E-state index is -0.963. The highest BCUT2D eigenvalue weighted by Crippen LogP contribution is 2.31. The van der Waals surface area contributed by atoms with Crippen LogP contribution in [0.1, 0.15) is 25.7 Å². The van der Waals surface area contributed by atoms with Crippen LogP contribution in [0.5, 0.6) is 0 Å². The molecular weight excluding hydrogens is 319 g/mol. The van der Waals surface area contributed by atoms with Crippen molar-refractivity contribution >= 4 is 28.6 Å². The average Bonchev–Trinajstić information content (AvgIpc) is 2.20. The Balaban J connectivity index is 2.93. The first-order valence-corrected chi connectivity index (χ1v) is 6.23. The molecule has 1 aliphatic carbocycles. The van der Waals surface area contributed by atoms with E-state index in [1.807, 2.05) is 22.6 Å². The van der Waals surface area contributed by atoms with Gasteiger partial charge in [0, 0.05) is 0 Å². The number of rotatable bonds is 1. The van der Waals surface area contributed by atoms with Gasteiger partial charge in [0.25, 0.3) is 0 Å². The molecule has 16 heavy (non-hydrogen) atoms. The van der Waals surface area contributed by atoms with Crippen LogP contribution in [0.4, 0.5) is 0 Å². The molecule has 4 heteroatoms. The fraction of sp³-hybridized carbons (Fsp3) is 0.417. The topological polar surface area (TPSA) is 57.5 Å². The highest BCUT2D eigenvalue weighted by molar-refractivity contribution is 14.1. The van der Waals surface area contributed by atoms with E-state index in [2.05, 4.69) is 6.58 Å². The van der Waals surface area contributed by atoms with E-state index in [1.165, 1.54) is 6.08 Å². The molecule has 1 aliphatic rings. The van der Waals surface area contributed by atoms with Crippen molar-refractivity contribution in [2.45, 2.75) is 29.3 Å². The summed E-state index contributed by atoms with van der Waals surface area (Å²) in [6.07, 6.45) is 7.90. The van der Waals surface area contributed by atoms with Gasteiger partial charge in [-0.1, -0.05) is 18.7 Å². The summed E-state index contributed by atoms with van der Waals surface area (Å²) in [7, 11) is 0. The van der Waals surface area contributed by atoms with Crippen molar-refractivity contribution in [3.8, 4) is 0 Å². The van der Waals surface area contributed by atoms with Gasteiger partial charge in [-0.05, 0) is 59.9 Å². The molecule has 0 amide bonds. The lowest BCUT2D eigenvalue weighted by molar-refractivity contribution is -0.132. The van der Waals surface area contributed by atoms with Crippen LogP contribution in [0, 0.1) is 0 Å². The number of carbonyl (C=O) groups is 1. The molecule has 0 radical (unpaired) electrons. The summed E-state index contributed by atoms with van der Waals surface area (Å²) in [5.74, 6) is -0.943. The summed E-state index contributed by atoms with van der Waals surface area (Å²) >= 11 is 1.95. The third kappa shape index (κ3) is 3.75. The Kier molecular flexibility index (Phi) is 4.73. The van der Waals surface area contributed by atoms with Gasteiger partial charge in [-0.3, -0.25) is 0 Å². The molecule has 1 atom stereocenters. The number of alkyl halides is 1. The summed E-state index contributed by atoms with van der Waals surface area (Å²) in [5.41, 5.74) is 0.803. The summed E-state index contributed by atoms with van der Waals surface area (Å²) in [4.78, 5) is 10.9. The Bertz CT molecular complexity index is 353. The van der Waals surface area contributed by atoms with Crippen molar-refractivity contribution in [2.75, 3.05) is 0 Å². The van der Waals surface area contributed by atoms with Crippen molar-refractivity contribution in [3.63, 3.8) is 0 Å². The molecule has 1 rings (SSSR count). The minimum absolute atomic E-state index is 0.259. The Hall–Kier alpha value is -0.620. The Labute approximate surface area is 109 Å². The van der Waals surface area contributed by atoms with Crippen LogP contribution in [0.3, 0.4) is 0 Å². The van der Waals surface area contributed by atoms with Crippen LogP contribution < -0.4 is 0 Å². The molecule has 2 N–H and O–H groups in total. The molecule has 0 aromatic carbocycles. The van der Waals surface area contributed by atoms with E-state index in [0.717, 1.165) is 19.3 Å². The summed E-state index contributed by atoms with van der Waals surface area (Å²) in [5, 5.41) is 19.0. The van der Waals surface area contributed by atoms with E-state index in [1.54, 1.807) is 12.2 Å². The lowest BCUT2D eigenvalue weighted by Crippen LogP contribution is -2.21. The van der Waals surface area contributed by atoms with Crippen LogP contribution in [0.15, 0.2) is 36.0 Å². The number of aliphatic carboxylic acids is 1. The third-order valence-electron chi connectivity index (χ3n) is 2.53. The SMILES string of the molecule is C=C1/C=C\C(C(=O)O)=C/CCCC[C@]1(O)I. The largest absolute Gasteiger partial charge is 0.478 e. The second-order valence-corrected chi connectivity index (χ2v) is 5.61. The van der Waals surface area contributed by atoms with Gasteiger partial charge in [-0.15, -0.1) is 0 Å². The van der Waals surface area contributed by atoms with Crippen LogP contribution >= 0.6 is 22.6 Å². The third-order valence-corrected chi connectivity index (χ3v) is 3.76. The highest BCUT2D eigenvalue weighted by Gasteiger charge is 2.24. The van der Waals surface area contributed by atoms with Crippen molar-refractivity contribution in [2.24, 2.45) is 0 Å². The lowest BCUT2D eigenvalue weighted by Gasteiger charge is -2.22. The number of hydrogen-bond donors (Lipinski definition) is 2. The molecule has 0 bridgehead atoms. The van der Waals surface area contributed by atoms with E-state index < -0.39 is 9.58 Å². The lowest BCUT2D eigenvalue weighted by atomic mass is 10.0. The zero-order valence-corrected chi connectivity index (χ0v) is 11.1. The van der Waals surface area contributed by atoms with Gasteiger partial charge in [0.05, 0.1) is 5.57 Å². The van der Waals surface area contributed by atoms with Crippen LogP contribution in [-0.4, -0.2) is 19.8 Å². The molecule has 0 unspecified atom stereocenters. The number of allylic oxidation sites excluding steroid dienone is 1. The molecule has 0 fully saturated rings. The van der Waals surface area contributed by atoms with E-state index in [-0.39, 0.29) is 5.57 Å². The summed E-state index contributed by atoms with van der Waals surface area (Å²) in [6.45, 7) is 3.77. The number of aliphatic hydroxyl groups is 1. The predicted octanol–water partition coefficient (Wildman–Crippen LogP) is 2.81. The first-order chi connectivity index (χ1) is 7.43. The minimum Gasteiger partial charge on any atom is -0.478 e. The predicted molar refractivity (Wildman–Crippen MR) is 71.4 cm³/mol. The molecule has 88 valence electrons. The fourth-order valence-electron chi connectivity index (χ4n) is 1.47. The number of hydrogen-bond acceptors (Lipinski definition) is 2. The molecular formula is C12H15IO3. The molecule has 3 nitrogen and oxygen atoms in total. The maximum Gasteiger partial charge on any atom is 0.335 e. The van der Waals surface area contributed by atoms with E-state index in [9.17, 15) is 9.90 Å². The van der Waals surface area contributed by atoms with E-state index >= 15 is 0 Å². The van der Waals surface area contributed by atoms with Gasteiger partial charge in [-0.25, -0.2) is 4.79 Å². The Morgan fingerprint density at radius 1 is 1.44 bits per heavy atom. The fourth-order valence-corrected chi connectivity index (χ4v) is 2.03. The number of halogens is 1. The van der Waals surface area contributed by atoms with Crippen molar-refractivity contribution in [3.05, 3.63) is 36.0 Å². The van der Waals surface area contributed by atoms with Crippen LogP contribution in [-0.2, 0) is 4.79 Å². The van der Waals surface area contributed by atoms with Gasteiger partial charge in [-0.2, -0.15) is 0 Å². The zero-order chi connectivity index (χ0) is 12.2. The average molecular weight is 334 g/mol. The van der Waals surface area contributed by atoms with Gasteiger partial charge >= 0.3 is 5.97 Å². The smallest absolute Gasteiger partial charge is 0.335 e. The van der Waals surface area contributed by atoms with Gasteiger partial charge in [0.2, 0.25) is 0 Å². The monoisotopic (exact) mass is 334 g/mol. The van der Waals surface area contributed by atoms with Gasteiger partial charge in [0.15, 0.2) is 0 Å². The quantitative estimate of drug-likeness (QED) is 0.573. The standard InChI is InChI=1S/C12H15IO3/c1-9-6-7-10(11(14)15)5-3-2-4-8-12(9,13)16/h5-7,16H,1-4,8H2,(H,14,15)/b7-6-,10-5+/t12-/m1/s1. The normalized spacial score (nSPS) is 32.6. The second kappa shape index (κ2) is 5.63. The Morgan fingerprint density at radius 3 is 2.75 bits per heavy atom. The molecule has 0 saturated heterocycles. The number of carboxylic acids is 1. The maximum atomic E-state index is 10.9. The summed E-state index contributed by atoms with van der Waals surface area (Å²) < 4.78 is -0.963.